The average Bonchev–Trinajstić information content (AvgIpc) is 2.50. The summed E-state index contributed by atoms with van der Waals surface area (Å²) in [5.74, 6) is -0.933. The van der Waals surface area contributed by atoms with Crippen molar-refractivity contribution >= 4 is 11.9 Å². The van der Waals surface area contributed by atoms with Crippen molar-refractivity contribution in [3.05, 3.63) is 29.8 Å². The van der Waals surface area contributed by atoms with E-state index in [0.29, 0.717) is 19.4 Å². The summed E-state index contributed by atoms with van der Waals surface area (Å²) in [6.07, 6.45) is 1.99. The molecule has 1 amide bonds. The molecule has 2 N–H and O–H groups in total. The second-order valence-corrected chi connectivity index (χ2v) is 5.39. The van der Waals surface area contributed by atoms with Crippen LogP contribution in [0.25, 0.3) is 0 Å². The fraction of sp³-hybridized carbons (Fsp3) is 0.500. The van der Waals surface area contributed by atoms with Crippen LogP contribution < -0.4 is 10.1 Å². The van der Waals surface area contributed by atoms with Gasteiger partial charge < -0.3 is 15.2 Å². The van der Waals surface area contributed by atoms with Crippen molar-refractivity contribution in [2.75, 3.05) is 13.2 Å². The Kier molecular flexibility index (Phi) is 5.20. The summed E-state index contributed by atoms with van der Waals surface area (Å²) in [6.45, 7) is 2.46. The maximum Gasteiger partial charge on any atom is 0.308 e. The lowest BCUT2D eigenvalue weighted by atomic mass is 9.95. The van der Waals surface area contributed by atoms with E-state index in [1.54, 1.807) is 0 Å². The van der Waals surface area contributed by atoms with E-state index >= 15 is 0 Å². The molecule has 0 saturated heterocycles. The molecule has 0 fully saturated rings. The number of carboxylic acids is 1. The molecule has 2 unspecified atom stereocenters. The van der Waals surface area contributed by atoms with Gasteiger partial charge in [0.25, 0.3) is 0 Å². The molecule has 0 spiro atoms. The van der Waals surface area contributed by atoms with E-state index in [9.17, 15) is 9.59 Å². The summed E-state index contributed by atoms with van der Waals surface area (Å²) in [5.41, 5.74) is 1.02. The summed E-state index contributed by atoms with van der Waals surface area (Å²) in [6, 6.07) is 7.67. The Labute approximate surface area is 124 Å². The van der Waals surface area contributed by atoms with Crippen molar-refractivity contribution in [1.82, 2.24) is 5.32 Å². The number of amides is 1. The summed E-state index contributed by atoms with van der Waals surface area (Å²) >= 11 is 0. The first-order chi connectivity index (χ1) is 10.1. The van der Waals surface area contributed by atoms with Gasteiger partial charge in [-0.3, -0.25) is 9.59 Å². The maximum absolute atomic E-state index is 12.2. The highest BCUT2D eigenvalue weighted by Crippen LogP contribution is 2.26. The van der Waals surface area contributed by atoms with Gasteiger partial charge in [0.1, 0.15) is 12.4 Å². The molecule has 0 saturated carbocycles. The molecule has 2 rings (SSSR count). The van der Waals surface area contributed by atoms with Crippen molar-refractivity contribution in [1.29, 1.82) is 0 Å². The first-order valence-corrected chi connectivity index (χ1v) is 7.33. The minimum atomic E-state index is -0.859. The smallest absolute Gasteiger partial charge is 0.308 e. The average molecular weight is 291 g/mol. The largest absolute Gasteiger partial charge is 0.492 e. The second-order valence-electron chi connectivity index (χ2n) is 5.39. The van der Waals surface area contributed by atoms with Crippen LogP contribution in [0.5, 0.6) is 5.75 Å². The zero-order chi connectivity index (χ0) is 15.2. The highest BCUT2D eigenvalue weighted by Gasteiger charge is 2.26. The number of rotatable bonds is 6. The third kappa shape index (κ3) is 3.97. The molecule has 0 aromatic heterocycles. The molecule has 1 aromatic carbocycles. The molecule has 1 aliphatic heterocycles. The molecule has 1 aliphatic rings. The van der Waals surface area contributed by atoms with Crippen LogP contribution >= 0.6 is 0 Å². The molecule has 0 radical (unpaired) electrons. The fourth-order valence-corrected chi connectivity index (χ4v) is 2.53. The van der Waals surface area contributed by atoms with Crippen molar-refractivity contribution in [2.45, 2.75) is 26.2 Å². The van der Waals surface area contributed by atoms with Gasteiger partial charge in [0.05, 0.1) is 11.8 Å². The summed E-state index contributed by atoms with van der Waals surface area (Å²) in [4.78, 5) is 23.2. The number of carbonyl (C=O) groups is 2. The van der Waals surface area contributed by atoms with Gasteiger partial charge in [-0.25, -0.2) is 0 Å². The summed E-state index contributed by atoms with van der Waals surface area (Å²) < 4.78 is 5.58. The molecular formula is C16H21NO4. The van der Waals surface area contributed by atoms with E-state index in [4.69, 9.17) is 9.84 Å². The number of carbonyl (C=O) groups excluding carboxylic acids is 1. The van der Waals surface area contributed by atoms with E-state index in [2.05, 4.69) is 5.32 Å². The Balaban J connectivity index is 1.89. The highest BCUT2D eigenvalue weighted by molar-refractivity contribution is 5.80. The number of hydrogen-bond donors (Lipinski definition) is 2. The fourth-order valence-electron chi connectivity index (χ4n) is 2.53. The van der Waals surface area contributed by atoms with Crippen LogP contribution in [-0.4, -0.2) is 30.1 Å². The summed E-state index contributed by atoms with van der Waals surface area (Å²) in [5, 5.41) is 11.8. The lowest BCUT2D eigenvalue weighted by molar-refractivity contribution is -0.142. The number of aliphatic carboxylic acids is 1. The first kappa shape index (κ1) is 15.4. The monoisotopic (exact) mass is 291 g/mol. The van der Waals surface area contributed by atoms with Crippen LogP contribution in [0.1, 0.15) is 25.3 Å². The zero-order valence-corrected chi connectivity index (χ0v) is 12.2. The standard InChI is InChI=1S/C16H21NO4/c1-2-5-12(16(19)20)9-17-15(18)13-8-11-6-3-4-7-14(11)21-10-13/h3-4,6-7,12-13H,2,5,8-10H2,1H3,(H,17,18)(H,19,20). The lowest BCUT2D eigenvalue weighted by Gasteiger charge is -2.25. The van der Waals surface area contributed by atoms with Crippen LogP contribution in [0, 0.1) is 11.8 Å². The minimum absolute atomic E-state index is 0.133. The van der Waals surface area contributed by atoms with Crippen molar-refractivity contribution < 1.29 is 19.4 Å². The number of ether oxygens (including phenoxy) is 1. The molecule has 2 atom stereocenters. The van der Waals surface area contributed by atoms with Crippen molar-refractivity contribution in [3.63, 3.8) is 0 Å². The van der Waals surface area contributed by atoms with Crippen LogP contribution in [0.15, 0.2) is 24.3 Å². The van der Waals surface area contributed by atoms with Crippen LogP contribution in [-0.2, 0) is 16.0 Å². The first-order valence-electron chi connectivity index (χ1n) is 7.33. The van der Waals surface area contributed by atoms with Gasteiger partial charge in [-0.15, -0.1) is 0 Å². The number of carboxylic acid groups (broad SMARTS) is 1. The molecule has 1 heterocycles. The van der Waals surface area contributed by atoms with E-state index in [1.807, 2.05) is 31.2 Å². The van der Waals surface area contributed by atoms with E-state index < -0.39 is 11.9 Å². The SMILES string of the molecule is CCCC(CNC(=O)C1COc2ccccc2C1)C(=O)O. The highest BCUT2D eigenvalue weighted by atomic mass is 16.5. The number of benzene rings is 1. The maximum atomic E-state index is 12.2. The zero-order valence-electron chi connectivity index (χ0n) is 12.2. The van der Waals surface area contributed by atoms with Crippen molar-refractivity contribution in [2.24, 2.45) is 11.8 Å². The molecule has 21 heavy (non-hydrogen) atoms. The topological polar surface area (TPSA) is 75.6 Å². The Hall–Kier alpha value is -2.04. The van der Waals surface area contributed by atoms with Gasteiger partial charge >= 0.3 is 5.97 Å². The number of fused-ring (bicyclic) bond motifs is 1. The Morgan fingerprint density at radius 3 is 2.90 bits per heavy atom. The third-order valence-corrected chi connectivity index (χ3v) is 3.76. The van der Waals surface area contributed by atoms with E-state index in [0.717, 1.165) is 17.7 Å². The quantitative estimate of drug-likeness (QED) is 0.838. The molecule has 114 valence electrons. The molecule has 5 nitrogen and oxygen atoms in total. The number of hydrogen-bond acceptors (Lipinski definition) is 3. The van der Waals surface area contributed by atoms with Gasteiger partial charge in [0.15, 0.2) is 0 Å². The molecule has 0 aliphatic carbocycles. The normalized spacial score (nSPS) is 18.2. The van der Waals surface area contributed by atoms with Crippen LogP contribution in [0.3, 0.4) is 0 Å². The van der Waals surface area contributed by atoms with Crippen LogP contribution in [0.2, 0.25) is 0 Å². The van der Waals surface area contributed by atoms with Gasteiger partial charge in [0, 0.05) is 6.54 Å². The summed E-state index contributed by atoms with van der Waals surface area (Å²) in [7, 11) is 0. The Morgan fingerprint density at radius 2 is 2.19 bits per heavy atom. The Morgan fingerprint density at radius 1 is 1.43 bits per heavy atom. The number of nitrogens with one attached hydrogen (secondary N) is 1. The van der Waals surface area contributed by atoms with E-state index in [1.165, 1.54) is 0 Å². The minimum Gasteiger partial charge on any atom is -0.492 e. The molecule has 1 aromatic rings. The molecule has 0 bridgehead atoms. The predicted molar refractivity (Wildman–Crippen MR) is 78.2 cm³/mol. The van der Waals surface area contributed by atoms with Gasteiger partial charge in [-0.1, -0.05) is 31.5 Å². The van der Waals surface area contributed by atoms with Crippen LogP contribution in [0.4, 0.5) is 0 Å². The third-order valence-electron chi connectivity index (χ3n) is 3.76. The van der Waals surface area contributed by atoms with Gasteiger partial charge in [0.2, 0.25) is 5.91 Å². The van der Waals surface area contributed by atoms with E-state index in [-0.39, 0.29) is 18.4 Å². The predicted octanol–water partition coefficient (Wildman–Crippen LogP) is 1.85. The second kappa shape index (κ2) is 7.11. The van der Waals surface area contributed by atoms with Gasteiger partial charge in [-0.05, 0) is 24.5 Å². The molecule has 5 heteroatoms. The van der Waals surface area contributed by atoms with Crippen molar-refractivity contribution in [3.8, 4) is 5.75 Å². The lowest BCUT2D eigenvalue weighted by Crippen LogP contribution is -2.40. The number of para-hydroxylation sites is 1. The molecular weight excluding hydrogens is 270 g/mol. The Bertz CT molecular complexity index is 515. The van der Waals surface area contributed by atoms with Gasteiger partial charge in [-0.2, -0.15) is 0 Å².